The van der Waals surface area contributed by atoms with Gasteiger partial charge >= 0.3 is 0 Å². The van der Waals surface area contributed by atoms with Crippen LogP contribution >= 0.6 is 15.9 Å². The quantitative estimate of drug-likeness (QED) is 0.686. The summed E-state index contributed by atoms with van der Waals surface area (Å²) in [5.41, 5.74) is 1.47. The van der Waals surface area contributed by atoms with Crippen molar-refractivity contribution in [1.29, 1.82) is 0 Å². The number of hydrogen-bond donors (Lipinski definition) is 1. The Balaban J connectivity index is 2.48. The average molecular weight is 267 g/mol. The van der Waals surface area contributed by atoms with E-state index in [4.69, 9.17) is 0 Å². The van der Waals surface area contributed by atoms with Crippen molar-refractivity contribution < 1.29 is 4.79 Å². The van der Waals surface area contributed by atoms with Gasteiger partial charge in [-0.05, 0) is 18.6 Å². The lowest BCUT2D eigenvalue weighted by Crippen LogP contribution is -2.12. The van der Waals surface area contributed by atoms with Gasteiger partial charge in [-0.25, -0.2) is 4.98 Å². The zero-order valence-corrected chi connectivity index (χ0v) is 9.91. The maximum Gasteiger partial charge on any atom is 0.178 e. The van der Waals surface area contributed by atoms with E-state index in [9.17, 15) is 4.79 Å². The molecule has 4 heteroatoms. The summed E-state index contributed by atoms with van der Waals surface area (Å²) >= 11 is 3.37. The van der Waals surface area contributed by atoms with Gasteiger partial charge in [0.1, 0.15) is 5.65 Å². The van der Waals surface area contributed by atoms with Crippen LogP contribution in [0.25, 0.3) is 11.0 Å². The van der Waals surface area contributed by atoms with Crippen molar-refractivity contribution in [2.45, 2.75) is 18.2 Å². The van der Waals surface area contributed by atoms with Gasteiger partial charge in [-0.2, -0.15) is 0 Å². The number of hydrogen-bond acceptors (Lipinski definition) is 2. The Morgan fingerprint density at radius 1 is 1.67 bits per heavy atom. The Bertz CT molecular complexity index is 492. The average Bonchev–Trinajstić information content (AvgIpc) is 2.70. The molecule has 3 nitrogen and oxygen atoms in total. The van der Waals surface area contributed by atoms with Crippen molar-refractivity contribution in [1.82, 2.24) is 9.97 Å². The van der Waals surface area contributed by atoms with Crippen LogP contribution < -0.4 is 0 Å². The minimum atomic E-state index is -0.114. The van der Waals surface area contributed by atoms with Gasteiger partial charge in [-0.1, -0.05) is 22.9 Å². The van der Waals surface area contributed by atoms with Gasteiger partial charge in [0.2, 0.25) is 0 Å². The molecule has 0 aliphatic heterocycles. The Labute approximate surface area is 96.0 Å². The van der Waals surface area contributed by atoms with E-state index in [1.54, 1.807) is 12.4 Å². The lowest BCUT2D eigenvalue weighted by Gasteiger charge is -2.03. The van der Waals surface area contributed by atoms with Crippen LogP contribution in [0.2, 0.25) is 0 Å². The smallest absolute Gasteiger partial charge is 0.178 e. The molecule has 0 amide bonds. The highest BCUT2D eigenvalue weighted by Crippen LogP contribution is 2.20. The number of pyridine rings is 1. The van der Waals surface area contributed by atoms with Crippen LogP contribution in [-0.2, 0) is 0 Å². The number of rotatable bonds is 3. The fraction of sp³-hybridized carbons (Fsp3) is 0.273. The van der Waals surface area contributed by atoms with Crippen LogP contribution in [0.15, 0.2) is 24.5 Å². The molecule has 0 aliphatic carbocycles. The fourth-order valence-electron chi connectivity index (χ4n) is 1.51. The third-order valence-electron chi connectivity index (χ3n) is 2.36. The number of aromatic amines is 1. The molecule has 2 heterocycles. The van der Waals surface area contributed by atoms with E-state index in [-0.39, 0.29) is 10.6 Å². The SMILES string of the molecule is CCC(Br)C(=O)c1c[nH]c2ncccc12. The second-order valence-electron chi connectivity index (χ2n) is 3.34. The highest BCUT2D eigenvalue weighted by molar-refractivity contribution is 9.10. The lowest BCUT2D eigenvalue weighted by molar-refractivity contribution is 0.0992. The Morgan fingerprint density at radius 3 is 3.20 bits per heavy atom. The topological polar surface area (TPSA) is 45.8 Å². The molecule has 0 bridgehead atoms. The zero-order valence-electron chi connectivity index (χ0n) is 8.33. The molecule has 2 rings (SSSR count). The molecule has 15 heavy (non-hydrogen) atoms. The van der Waals surface area contributed by atoms with Crippen LogP contribution in [-0.4, -0.2) is 20.6 Å². The number of aromatic nitrogens is 2. The van der Waals surface area contributed by atoms with E-state index in [1.807, 2.05) is 19.1 Å². The minimum Gasteiger partial charge on any atom is -0.345 e. The van der Waals surface area contributed by atoms with E-state index in [0.717, 1.165) is 17.5 Å². The normalized spacial score (nSPS) is 12.9. The number of nitrogens with one attached hydrogen (secondary N) is 1. The van der Waals surface area contributed by atoms with Gasteiger partial charge in [-0.15, -0.1) is 0 Å². The van der Waals surface area contributed by atoms with Crippen molar-refractivity contribution in [2.75, 3.05) is 0 Å². The van der Waals surface area contributed by atoms with Gasteiger partial charge in [0.15, 0.2) is 5.78 Å². The number of carbonyl (C=O) groups excluding carboxylic acids is 1. The predicted octanol–water partition coefficient (Wildman–Crippen LogP) is 2.92. The van der Waals surface area contributed by atoms with Crippen molar-refractivity contribution >= 4 is 32.7 Å². The lowest BCUT2D eigenvalue weighted by atomic mass is 10.1. The molecule has 78 valence electrons. The molecule has 0 spiro atoms. The van der Waals surface area contributed by atoms with Crippen molar-refractivity contribution in [3.63, 3.8) is 0 Å². The summed E-state index contributed by atoms with van der Waals surface area (Å²) in [5.74, 6) is 0.108. The van der Waals surface area contributed by atoms with Crippen molar-refractivity contribution in [2.24, 2.45) is 0 Å². The highest BCUT2D eigenvalue weighted by atomic mass is 79.9. The van der Waals surface area contributed by atoms with Gasteiger partial charge in [-0.3, -0.25) is 4.79 Å². The predicted molar refractivity (Wildman–Crippen MR) is 63.4 cm³/mol. The molecular formula is C11H11BrN2O. The number of nitrogens with zero attached hydrogens (tertiary/aromatic N) is 1. The summed E-state index contributed by atoms with van der Waals surface area (Å²) in [6.45, 7) is 1.98. The van der Waals surface area contributed by atoms with Gasteiger partial charge in [0, 0.05) is 23.3 Å². The monoisotopic (exact) mass is 266 g/mol. The number of alkyl halides is 1. The molecule has 0 saturated heterocycles. The number of halogens is 1. The van der Waals surface area contributed by atoms with E-state index in [1.165, 1.54) is 0 Å². The van der Waals surface area contributed by atoms with Crippen LogP contribution in [0.1, 0.15) is 23.7 Å². The minimum absolute atomic E-state index is 0.108. The largest absolute Gasteiger partial charge is 0.345 e. The molecule has 0 fully saturated rings. The van der Waals surface area contributed by atoms with Crippen molar-refractivity contribution in [3.8, 4) is 0 Å². The Morgan fingerprint density at radius 2 is 2.47 bits per heavy atom. The Hall–Kier alpha value is -1.16. The molecule has 0 aliphatic rings. The first-order chi connectivity index (χ1) is 7.24. The van der Waals surface area contributed by atoms with E-state index in [0.29, 0.717) is 5.56 Å². The summed E-state index contributed by atoms with van der Waals surface area (Å²) in [6.07, 6.45) is 4.22. The van der Waals surface area contributed by atoms with Crippen LogP contribution in [0, 0.1) is 0 Å². The number of Topliss-reactive ketones (excluding diaryl/α,β-unsaturated/α-hetero) is 1. The number of ketones is 1. The molecule has 0 saturated carbocycles. The zero-order chi connectivity index (χ0) is 10.8. The maximum atomic E-state index is 12.0. The van der Waals surface area contributed by atoms with E-state index >= 15 is 0 Å². The van der Waals surface area contributed by atoms with Gasteiger partial charge < -0.3 is 4.98 Å². The third-order valence-corrected chi connectivity index (χ3v) is 3.42. The first-order valence-corrected chi connectivity index (χ1v) is 5.76. The summed E-state index contributed by atoms with van der Waals surface area (Å²) in [6, 6.07) is 3.74. The van der Waals surface area contributed by atoms with E-state index in [2.05, 4.69) is 25.9 Å². The first kappa shape index (κ1) is 10.4. The molecule has 1 unspecified atom stereocenters. The van der Waals surface area contributed by atoms with Crippen LogP contribution in [0.3, 0.4) is 0 Å². The van der Waals surface area contributed by atoms with Crippen LogP contribution in [0.4, 0.5) is 0 Å². The molecule has 1 N–H and O–H groups in total. The highest BCUT2D eigenvalue weighted by Gasteiger charge is 2.18. The maximum absolute atomic E-state index is 12.0. The summed E-state index contributed by atoms with van der Waals surface area (Å²) in [4.78, 5) is 19.0. The first-order valence-electron chi connectivity index (χ1n) is 4.84. The van der Waals surface area contributed by atoms with Gasteiger partial charge in [0.25, 0.3) is 0 Å². The molecular weight excluding hydrogens is 256 g/mol. The fourth-order valence-corrected chi connectivity index (χ4v) is 1.76. The second-order valence-corrected chi connectivity index (χ2v) is 4.45. The Kier molecular flexibility index (Phi) is 2.86. The molecule has 0 radical (unpaired) electrons. The second kappa shape index (κ2) is 4.14. The number of fused-ring (bicyclic) bond motifs is 1. The number of carbonyl (C=O) groups is 1. The standard InChI is InChI=1S/C11H11BrN2O/c1-2-9(12)10(15)8-6-14-11-7(8)4-3-5-13-11/h3-6,9H,2H2,1H3,(H,13,14). The molecule has 0 aromatic carbocycles. The van der Waals surface area contributed by atoms with Crippen molar-refractivity contribution in [3.05, 3.63) is 30.1 Å². The molecule has 2 aromatic rings. The third kappa shape index (κ3) is 1.81. The molecule has 2 aromatic heterocycles. The molecule has 1 atom stereocenters. The summed E-state index contributed by atoms with van der Waals surface area (Å²) in [7, 11) is 0. The van der Waals surface area contributed by atoms with Gasteiger partial charge in [0.05, 0.1) is 4.83 Å². The summed E-state index contributed by atoms with van der Waals surface area (Å²) in [5, 5.41) is 0.889. The van der Waals surface area contributed by atoms with Crippen LogP contribution in [0.5, 0.6) is 0 Å². The van der Waals surface area contributed by atoms with E-state index < -0.39 is 0 Å². The summed E-state index contributed by atoms with van der Waals surface area (Å²) < 4.78 is 0. The number of H-pyrrole nitrogens is 1.